The predicted octanol–water partition coefficient (Wildman–Crippen LogP) is 6.01. The molecule has 1 aromatic heterocycles. The van der Waals surface area contributed by atoms with Gasteiger partial charge in [0.15, 0.2) is 5.82 Å². The second-order valence-electron chi connectivity index (χ2n) is 9.42. The molecule has 5 rings (SSSR count). The molecule has 0 N–H and O–H groups in total. The van der Waals surface area contributed by atoms with Gasteiger partial charge in [-0.05, 0) is 58.7 Å². The van der Waals surface area contributed by atoms with Crippen LogP contribution in [0.3, 0.4) is 0 Å². The maximum absolute atomic E-state index is 6.47. The quantitative estimate of drug-likeness (QED) is 0.292. The van der Waals surface area contributed by atoms with E-state index in [9.17, 15) is 0 Å². The molecule has 1 fully saturated rings. The number of tetrazole rings is 1. The molecule has 1 aliphatic heterocycles. The lowest BCUT2D eigenvalue weighted by Gasteiger charge is -2.38. The second-order valence-corrected chi connectivity index (χ2v) is 10.2. The van der Waals surface area contributed by atoms with E-state index in [0.29, 0.717) is 10.0 Å². The molecule has 1 saturated heterocycles. The SMILES string of the molecule is Cc1cccc(C)c1-n1nnnc1[C@@H](c1ccc(Cl)c(Cl)c1)N1CCN(C/C=C/c2ccccc2)CC1. The number of hydrogen-bond donors (Lipinski definition) is 0. The zero-order valence-electron chi connectivity index (χ0n) is 21.1. The Kier molecular flexibility index (Phi) is 8.01. The lowest BCUT2D eigenvalue weighted by Crippen LogP contribution is -2.48. The van der Waals surface area contributed by atoms with E-state index in [0.717, 1.165) is 60.9 Å². The molecule has 0 unspecified atom stereocenters. The third kappa shape index (κ3) is 5.78. The Bertz CT molecular complexity index is 1360. The number of halogens is 2. The Labute approximate surface area is 228 Å². The number of piperazine rings is 1. The van der Waals surface area contributed by atoms with Crippen molar-refractivity contribution in [3.05, 3.63) is 111 Å². The van der Waals surface area contributed by atoms with Crippen LogP contribution in [0.25, 0.3) is 11.8 Å². The Morgan fingerprint density at radius 2 is 1.59 bits per heavy atom. The highest BCUT2D eigenvalue weighted by Gasteiger charge is 2.31. The summed E-state index contributed by atoms with van der Waals surface area (Å²) in [6, 6.07) is 22.3. The van der Waals surface area contributed by atoms with Crippen molar-refractivity contribution >= 4 is 29.3 Å². The van der Waals surface area contributed by atoms with Crippen LogP contribution in [0.1, 0.15) is 34.1 Å². The third-order valence-corrected chi connectivity index (χ3v) is 7.63. The standard InChI is InChI=1S/C29H30Cl2N6/c1-21-8-6-9-22(2)27(21)37-29(32-33-34-37)28(24-13-14-25(30)26(31)20-24)36-18-16-35(17-19-36)15-7-12-23-10-4-3-5-11-23/h3-14,20,28H,15-19H2,1-2H3/b12-7+/t28-/m1/s1. The largest absolute Gasteiger partial charge is 0.297 e. The van der Waals surface area contributed by atoms with Crippen LogP contribution in [0.15, 0.2) is 72.8 Å². The Hall–Kier alpha value is -3.03. The number of para-hydroxylation sites is 1. The molecule has 1 aliphatic rings. The Morgan fingerprint density at radius 3 is 2.30 bits per heavy atom. The zero-order chi connectivity index (χ0) is 25.8. The van der Waals surface area contributed by atoms with Crippen LogP contribution in [0.5, 0.6) is 0 Å². The van der Waals surface area contributed by atoms with Crippen LogP contribution in [0.4, 0.5) is 0 Å². The minimum Gasteiger partial charge on any atom is -0.297 e. The van der Waals surface area contributed by atoms with Gasteiger partial charge in [0.25, 0.3) is 0 Å². The molecule has 0 amide bonds. The van der Waals surface area contributed by atoms with E-state index in [2.05, 4.69) is 93.8 Å². The van der Waals surface area contributed by atoms with Crippen LogP contribution in [0.2, 0.25) is 10.0 Å². The van der Waals surface area contributed by atoms with Crippen LogP contribution in [0, 0.1) is 13.8 Å². The smallest absolute Gasteiger partial charge is 0.178 e. The van der Waals surface area contributed by atoms with Gasteiger partial charge in [0.05, 0.1) is 21.8 Å². The van der Waals surface area contributed by atoms with Crippen LogP contribution >= 0.6 is 23.2 Å². The highest BCUT2D eigenvalue weighted by Crippen LogP contribution is 2.34. The monoisotopic (exact) mass is 532 g/mol. The van der Waals surface area contributed by atoms with Gasteiger partial charge in [-0.2, -0.15) is 4.68 Å². The van der Waals surface area contributed by atoms with Crippen molar-refractivity contribution in [3.8, 4) is 5.69 Å². The van der Waals surface area contributed by atoms with Gasteiger partial charge < -0.3 is 0 Å². The molecular formula is C29H30Cl2N6. The first-order valence-electron chi connectivity index (χ1n) is 12.5. The van der Waals surface area contributed by atoms with Crippen molar-refractivity contribution in [1.82, 2.24) is 30.0 Å². The average molecular weight is 534 g/mol. The van der Waals surface area contributed by atoms with Crippen molar-refractivity contribution in [2.75, 3.05) is 32.7 Å². The minimum absolute atomic E-state index is 0.161. The summed E-state index contributed by atoms with van der Waals surface area (Å²) >= 11 is 12.7. The van der Waals surface area contributed by atoms with Crippen LogP contribution < -0.4 is 0 Å². The number of rotatable bonds is 7. The molecule has 0 aliphatic carbocycles. The first kappa shape index (κ1) is 25.6. The van der Waals surface area contributed by atoms with Crippen molar-refractivity contribution in [3.63, 3.8) is 0 Å². The van der Waals surface area contributed by atoms with Gasteiger partial charge in [0.1, 0.15) is 0 Å². The molecule has 2 heterocycles. The molecule has 8 heteroatoms. The van der Waals surface area contributed by atoms with Crippen LogP contribution in [-0.4, -0.2) is 62.7 Å². The number of hydrogen-bond acceptors (Lipinski definition) is 5. The van der Waals surface area contributed by atoms with E-state index in [1.54, 1.807) is 0 Å². The van der Waals surface area contributed by atoms with E-state index in [1.807, 2.05) is 28.9 Å². The van der Waals surface area contributed by atoms with Gasteiger partial charge in [0.2, 0.25) is 0 Å². The fourth-order valence-electron chi connectivity index (χ4n) is 4.98. The summed E-state index contributed by atoms with van der Waals surface area (Å²) in [6.07, 6.45) is 4.42. The number of nitrogens with zero attached hydrogens (tertiary/aromatic N) is 6. The molecule has 3 aromatic carbocycles. The second kappa shape index (κ2) is 11.6. The summed E-state index contributed by atoms with van der Waals surface area (Å²) in [7, 11) is 0. The first-order valence-corrected chi connectivity index (χ1v) is 13.2. The van der Waals surface area contributed by atoms with Crippen molar-refractivity contribution in [2.45, 2.75) is 19.9 Å². The fraction of sp³-hybridized carbons (Fsp3) is 0.276. The van der Waals surface area contributed by atoms with E-state index in [4.69, 9.17) is 23.2 Å². The maximum Gasteiger partial charge on any atom is 0.178 e. The molecular weight excluding hydrogens is 503 g/mol. The molecule has 1 atom stereocenters. The van der Waals surface area contributed by atoms with E-state index >= 15 is 0 Å². The minimum atomic E-state index is -0.161. The summed E-state index contributed by atoms with van der Waals surface area (Å²) in [6.45, 7) is 8.74. The Balaban J connectivity index is 1.41. The van der Waals surface area contributed by atoms with E-state index < -0.39 is 0 Å². The average Bonchev–Trinajstić information content (AvgIpc) is 3.36. The van der Waals surface area contributed by atoms with Crippen molar-refractivity contribution in [2.24, 2.45) is 0 Å². The molecule has 4 aromatic rings. The molecule has 190 valence electrons. The summed E-state index contributed by atoms with van der Waals surface area (Å²) in [5, 5.41) is 14.1. The third-order valence-electron chi connectivity index (χ3n) is 6.89. The first-order chi connectivity index (χ1) is 18.0. The van der Waals surface area contributed by atoms with Gasteiger partial charge >= 0.3 is 0 Å². The highest BCUT2D eigenvalue weighted by atomic mass is 35.5. The summed E-state index contributed by atoms with van der Waals surface area (Å²) in [5.74, 6) is 0.771. The van der Waals surface area contributed by atoms with Gasteiger partial charge in [0, 0.05) is 32.7 Å². The lowest BCUT2D eigenvalue weighted by atomic mass is 10.0. The molecule has 0 bridgehead atoms. The number of aryl methyl sites for hydroxylation is 2. The molecule has 0 saturated carbocycles. The maximum atomic E-state index is 6.47. The van der Waals surface area contributed by atoms with E-state index in [1.165, 1.54) is 5.56 Å². The van der Waals surface area contributed by atoms with Gasteiger partial charge in [-0.25, -0.2) is 0 Å². The van der Waals surface area contributed by atoms with Crippen molar-refractivity contribution < 1.29 is 0 Å². The molecule has 6 nitrogen and oxygen atoms in total. The van der Waals surface area contributed by atoms with Gasteiger partial charge in [-0.15, -0.1) is 5.10 Å². The normalized spacial score (nSPS) is 15.9. The molecule has 37 heavy (non-hydrogen) atoms. The topological polar surface area (TPSA) is 50.1 Å². The molecule has 0 spiro atoms. The number of aromatic nitrogens is 4. The highest BCUT2D eigenvalue weighted by molar-refractivity contribution is 6.42. The molecule has 0 radical (unpaired) electrons. The zero-order valence-corrected chi connectivity index (χ0v) is 22.6. The van der Waals surface area contributed by atoms with Gasteiger partial charge in [-0.1, -0.05) is 90.0 Å². The van der Waals surface area contributed by atoms with E-state index in [-0.39, 0.29) is 6.04 Å². The fourth-order valence-corrected chi connectivity index (χ4v) is 5.28. The van der Waals surface area contributed by atoms with Crippen LogP contribution in [-0.2, 0) is 0 Å². The van der Waals surface area contributed by atoms with Crippen molar-refractivity contribution in [1.29, 1.82) is 0 Å². The van der Waals surface area contributed by atoms with Gasteiger partial charge in [-0.3, -0.25) is 9.80 Å². The summed E-state index contributed by atoms with van der Waals surface area (Å²) in [4.78, 5) is 4.91. The lowest BCUT2D eigenvalue weighted by molar-refractivity contribution is 0.113. The number of benzene rings is 3. The summed E-state index contributed by atoms with van der Waals surface area (Å²) < 4.78 is 1.88. The predicted molar refractivity (Wildman–Crippen MR) is 150 cm³/mol. The Morgan fingerprint density at radius 1 is 0.865 bits per heavy atom. The summed E-state index contributed by atoms with van der Waals surface area (Å²) in [5.41, 5.74) is 5.50.